The van der Waals surface area contributed by atoms with Crippen LogP contribution in [0.25, 0.3) is 6.08 Å². The van der Waals surface area contributed by atoms with Gasteiger partial charge in [0.05, 0.1) is 12.0 Å². The highest BCUT2D eigenvalue weighted by molar-refractivity contribution is 6.30. The van der Waals surface area contributed by atoms with Crippen molar-refractivity contribution in [2.45, 2.75) is 19.4 Å². The number of amides is 1. The number of carbonyl (C=O) groups is 2. The van der Waals surface area contributed by atoms with Crippen molar-refractivity contribution in [1.29, 1.82) is 0 Å². The second kappa shape index (κ2) is 5.96. The van der Waals surface area contributed by atoms with Gasteiger partial charge in [-0.25, -0.2) is 0 Å². The molecule has 0 radical (unpaired) electrons. The zero-order chi connectivity index (χ0) is 14.7. The first-order chi connectivity index (χ1) is 9.45. The maximum atomic E-state index is 12.0. The molecule has 1 atom stereocenters. The average molecular weight is 296 g/mol. The Morgan fingerprint density at radius 2 is 2.25 bits per heavy atom. The van der Waals surface area contributed by atoms with Crippen molar-refractivity contribution in [2.24, 2.45) is 0 Å². The van der Waals surface area contributed by atoms with Gasteiger partial charge < -0.3 is 15.2 Å². The molecule has 0 aliphatic carbocycles. The molecule has 2 rings (SSSR count). The van der Waals surface area contributed by atoms with Crippen molar-refractivity contribution in [1.82, 2.24) is 5.32 Å². The number of ether oxygens (including phenoxy) is 1. The summed E-state index contributed by atoms with van der Waals surface area (Å²) < 4.78 is 5.47. The van der Waals surface area contributed by atoms with E-state index in [1.54, 1.807) is 31.2 Å². The third-order valence-corrected chi connectivity index (χ3v) is 3.07. The third-order valence-electron chi connectivity index (χ3n) is 2.83. The Morgan fingerprint density at radius 1 is 1.50 bits per heavy atom. The van der Waals surface area contributed by atoms with Crippen molar-refractivity contribution in [3.05, 3.63) is 34.4 Å². The Labute approximate surface area is 121 Å². The Kier molecular flexibility index (Phi) is 4.29. The Bertz CT molecular complexity index is 583. The standard InChI is InChI=1S/C14H14ClNO4/c1-8(4-13(17)18)16-14(19)10-5-9-6-11(15)2-3-12(9)20-7-10/h2-3,5-6,8H,4,7H2,1H3,(H,16,19)(H,17,18). The van der Waals surface area contributed by atoms with Gasteiger partial charge in [0, 0.05) is 16.6 Å². The predicted octanol–water partition coefficient (Wildman–Crippen LogP) is 2.10. The number of hydrogen-bond donors (Lipinski definition) is 2. The molecule has 0 fully saturated rings. The van der Waals surface area contributed by atoms with Gasteiger partial charge in [-0.3, -0.25) is 9.59 Å². The molecule has 1 aliphatic heterocycles. The van der Waals surface area contributed by atoms with Gasteiger partial charge in [-0.05, 0) is 31.2 Å². The Hall–Kier alpha value is -2.01. The molecule has 0 bridgehead atoms. The summed E-state index contributed by atoms with van der Waals surface area (Å²) >= 11 is 5.89. The lowest BCUT2D eigenvalue weighted by molar-refractivity contribution is -0.137. The normalized spacial score (nSPS) is 14.6. The van der Waals surface area contributed by atoms with Crippen LogP contribution in [0.2, 0.25) is 5.02 Å². The zero-order valence-electron chi connectivity index (χ0n) is 10.9. The molecule has 1 aromatic carbocycles. The van der Waals surface area contributed by atoms with Crippen molar-refractivity contribution < 1.29 is 19.4 Å². The van der Waals surface area contributed by atoms with Gasteiger partial charge in [0.1, 0.15) is 12.4 Å². The number of rotatable bonds is 4. The molecule has 1 heterocycles. The molecule has 5 nitrogen and oxygen atoms in total. The lowest BCUT2D eigenvalue weighted by Gasteiger charge is -2.19. The van der Waals surface area contributed by atoms with Crippen molar-refractivity contribution >= 4 is 29.6 Å². The van der Waals surface area contributed by atoms with E-state index in [-0.39, 0.29) is 18.9 Å². The van der Waals surface area contributed by atoms with Crippen LogP contribution in [-0.4, -0.2) is 29.6 Å². The van der Waals surface area contributed by atoms with Crippen LogP contribution in [0.3, 0.4) is 0 Å². The molecule has 106 valence electrons. The molecule has 1 aromatic rings. The fraction of sp³-hybridized carbons (Fsp3) is 0.286. The van der Waals surface area contributed by atoms with Gasteiger partial charge >= 0.3 is 5.97 Å². The van der Waals surface area contributed by atoms with Crippen molar-refractivity contribution in [2.75, 3.05) is 6.61 Å². The van der Waals surface area contributed by atoms with E-state index in [0.29, 0.717) is 16.3 Å². The molecule has 2 N–H and O–H groups in total. The van der Waals surface area contributed by atoms with Gasteiger partial charge in [0.25, 0.3) is 5.91 Å². The minimum absolute atomic E-state index is 0.123. The minimum Gasteiger partial charge on any atom is -0.488 e. The zero-order valence-corrected chi connectivity index (χ0v) is 11.6. The maximum absolute atomic E-state index is 12.0. The summed E-state index contributed by atoms with van der Waals surface area (Å²) in [5, 5.41) is 11.8. The largest absolute Gasteiger partial charge is 0.488 e. The number of nitrogens with one attached hydrogen (secondary N) is 1. The monoisotopic (exact) mass is 295 g/mol. The van der Waals surface area contributed by atoms with Crippen LogP contribution in [0.1, 0.15) is 18.9 Å². The van der Waals surface area contributed by atoms with Crippen LogP contribution in [0, 0.1) is 0 Å². The summed E-state index contributed by atoms with van der Waals surface area (Å²) in [5.41, 5.74) is 1.18. The van der Waals surface area contributed by atoms with Crippen LogP contribution < -0.4 is 10.1 Å². The summed E-state index contributed by atoms with van der Waals surface area (Å²) in [6.07, 6.45) is 1.58. The average Bonchev–Trinajstić information content (AvgIpc) is 2.36. The third kappa shape index (κ3) is 3.51. The number of fused-ring (bicyclic) bond motifs is 1. The summed E-state index contributed by atoms with van der Waals surface area (Å²) in [4.78, 5) is 22.6. The number of carboxylic acid groups (broad SMARTS) is 1. The molecule has 0 saturated carbocycles. The van der Waals surface area contributed by atoms with E-state index in [1.807, 2.05) is 0 Å². The highest BCUT2D eigenvalue weighted by atomic mass is 35.5. The lowest BCUT2D eigenvalue weighted by atomic mass is 10.1. The molecule has 0 saturated heterocycles. The molecular formula is C14H14ClNO4. The molecule has 6 heteroatoms. The van der Waals surface area contributed by atoms with E-state index >= 15 is 0 Å². The molecule has 0 spiro atoms. The molecule has 1 amide bonds. The quantitative estimate of drug-likeness (QED) is 0.892. The number of carboxylic acids is 1. The van der Waals surface area contributed by atoms with Crippen LogP contribution in [0.15, 0.2) is 23.8 Å². The van der Waals surface area contributed by atoms with Gasteiger partial charge in [-0.15, -0.1) is 0 Å². The van der Waals surface area contributed by atoms with E-state index in [9.17, 15) is 9.59 Å². The number of aliphatic carboxylic acids is 1. The second-order valence-corrected chi connectivity index (χ2v) is 5.05. The highest BCUT2D eigenvalue weighted by Crippen LogP contribution is 2.28. The maximum Gasteiger partial charge on any atom is 0.305 e. The molecule has 0 aromatic heterocycles. The number of halogens is 1. The summed E-state index contributed by atoms with van der Waals surface area (Å²) in [5.74, 6) is -0.613. The van der Waals surface area contributed by atoms with E-state index < -0.39 is 12.0 Å². The first-order valence-electron chi connectivity index (χ1n) is 6.11. The first kappa shape index (κ1) is 14.4. The second-order valence-electron chi connectivity index (χ2n) is 4.61. The topological polar surface area (TPSA) is 75.6 Å². The summed E-state index contributed by atoms with van der Waals surface area (Å²) in [6, 6.07) is 4.73. The van der Waals surface area contributed by atoms with E-state index in [0.717, 1.165) is 5.56 Å². The van der Waals surface area contributed by atoms with Gasteiger partial charge in [-0.1, -0.05) is 11.6 Å². The van der Waals surface area contributed by atoms with E-state index in [4.69, 9.17) is 21.4 Å². The summed E-state index contributed by atoms with van der Waals surface area (Å²) in [7, 11) is 0. The Morgan fingerprint density at radius 3 is 2.95 bits per heavy atom. The summed E-state index contributed by atoms with van der Waals surface area (Å²) in [6.45, 7) is 1.79. The number of carbonyl (C=O) groups excluding carboxylic acids is 1. The number of hydrogen-bond acceptors (Lipinski definition) is 3. The fourth-order valence-corrected chi connectivity index (χ4v) is 2.09. The van der Waals surface area contributed by atoms with Gasteiger partial charge in [0.15, 0.2) is 0 Å². The highest BCUT2D eigenvalue weighted by Gasteiger charge is 2.19. The molecular weight excluding hydrogens is 282 g/mol. The van der Waals surface area contributed by atoms with Crippen LogP contribution >= 0.6 is 11.6 Å². The van der Waals surface area contributed by atoms with Crippen LogP contribution in [0.5, 0.6) is 5.75 Å². The smallest absolute Gasteiger partial charge is 0.305 e. The van der Waals surface area contributed by atoms with E-state index in [1.165, 1.54) is 0 Å². The number of benzene rings is 1. The SMILES string of the molecule is CC(CC(=O)O)NC(=O)C1=Cc2cc(Cl)ccc2OC1. The predicted molar refractivity (Wildman–Crippen MR) is 74.8 cm³/mol. The first-order valence-corrected chi connectivity index (χ1v) is 6.49. The van der Waals surface area contributed by atoms with E-state index in [2.05, 4.69) is 5.32 Å². The fourth-order valence-electron chi connectivity index (χ4n) is 1.91. The minimum atomic E-state index is -0.955. The van der Waals surface area contributed by atoms with Gasteiger partial charge in [-0.2, -0.15) is 0 Å². The van der Waals surface area contributed by atoms with Crippen molar-refractivity contribution in [3.63, 3.8) is 0 Å². The van der Waals surface area contributed by atoms with Gasteiger partial charge in [0.2, 0.25) is 0 Å². The van der Waals surface area contributed by atoms with Crippen molar-refractivity contribution in [3.8, 4) is 5.75 Å². The molecule has 1 aliphatic rings. The Balaban J connectivity index is 2.10. The van der Waals surface area contributed by atoms with Crippen LogP contribution in [-0.2, 0) is 9.59 Å². The molecule has 1 unspecified atom stereocenters. The van der Waals surface area contributed by atoms with Crippen LogP contribution in [0.4, 0.5) is 0 Å². The lowest BCUT2D eigenvalue weighted by Crippen LogP contribution is -2.36. The molecule has 20 heavy (non-hydrogen) atoms.